The summed E-state index contributed by atoms with van der Waals surface area (Å²) in [5, 5.41) is 5.03. The number of amides is 1. The fraction of sp³-hybridized carbons (Fsp3) is 0.536. The molecule has 4 heterocycles. The van der Waals surface area contributed by atoms with Gasteiger partial charge in [-0.25, -0.2) is 4.98 Å². The van der Waals surface area contributed by atoms with Gasteiger partial charge in [-0.1, -0.05) is 18.6 Å². The van der Waals surface area contributed by atoms with Crippen LogP contribution in [0.25, 0.3) is 5.65 Å². The van der Waals surface area contributed by atoms with E-state index in [1.165, 1.54) is 0 Å². The molecule has 0 radical (unpaired) electrons. The van der Waals surface area contributed by atoms with Gasteiger partial charge in [-0.2, -0.15) is 9.61 Å². The van der Waals surface area contributed by atoms with Crippen molar-refractivity contribution in [2.75, 3.05) is 62.0 Å². The van der Waals surface area contributed by atoms with E-state index < -0.39 is 0 Å². The minimum atomic E-state index is -0.167. The van der Waals surface area contributed by atoms with Gasteiger partial charge in [-0.3, -0.25) is 4.79 Å². The molecule has 2 N–H and O–H groups in total. The van der Waals surface area contributed by atoms with Crippen LogP contribution in [0.5, 0.6) is 0 Å². The Morgan fingerprint density at radius 2 is 1.78 bits per heavy atom. The van der Waals surface area contributed by atoms with Crippen molar-refractivity contribution in [3.05, 3.63) is 47.2 Å². The largest absolute Gasteiger partial charge is 0.374 e. The van der Waals surface area contributed by atoms with Crippen LogP contribution in [-0.4, -0.2) is 78.8 Å². The molecule has 1 saturated heterocycles. The van der Waals surface area contributed by atoms with Crippen LogP contribution in [0.15, 0.2) is 30.3 Å². The third kappa shape index (κ3) is 4.84. The molecular formula is C28H40N8O. The number of aryl methyl sites for hydroxylation is 1. The maximum atomic E-state index is 13.9. The molecule has 9 nitrogen and oxygen atoms in total. The average Bonchev–Trinajstić information content (AvgIpc) is 3.51. The molecule has 2 bridgehead atoms. The summed E-state index contributed by atoms with van der Waals surface area (Å²) >= 11 is 0. The van der Waals surface area contributed by atoms with Crippen LogP contribution in [0, 0.1) is 6.92 Å². The standard InChI is InChI=1S/C28H40N8O/c1-6-23-22-16-26-30-25(35-14-11-20(29)18-35)17-27(36(26)31-22)33(4)13-8-7-12-32(3)24-10-9-19(2)15-21(24)28(37)34(23)5/h9-10,15-17,20,23H,6-8,11-14,18,29H2,1-5H3/t20-,23-/m0/s1. The second kappa shape index (κ2) is 10.2. The second-order valence-corrected chi connectivity index (χ2v) is 10.7. The first-order chi connectivity index (χ1) is 17.8. The topological polar surface area (TPSA) is 86.2 Å². The van der Waals surface area contributed by atoms with Crippen molar-refractivity contribution < 1.29 is 4.79 Å². The summed E-state index contributed by atoms with van der Waals surface area (Å²) in [4.78, 5) is 27.5. The summed E-state index contributed by atoms with van der Waals surface area (Å²) in [5.41, 5.74) is 10.7. The SMILES string of the molecule is CC[C@H]1c2cc3nc(N4CC[C@H](N)C4)cc(n3n2)N(C)CCCCN(C)c2ccc(C)cc2C(=O)N1C. The summed E-state index contributed by atoms with van der Waals surface area (Å²) in [6.07, 6.45) is 3.77. The quantitative estimate of drug-likeness (QED) is 0.572. The van der Waals surface area contributed by atoms with Gasteiger partial charge in [0.1, 0.15) is 11.6 Å². The molecule has 2 aliphatic heterocycles. The Hall–Kier alpha value is -3.33. The fourth-order valence-corrected chi connectivity index (χ4v) is 5.66. The number of aromatic nitrogens is 3. The van der Waals surface area contributed by atoms with Gasteiger partial charge in [0.05, 0.1) is 17.3 Å². The number of anilines is 3. The Morgan fingerprint density at radius 3 is 2.49 bits per heavy atom. The third-order valence-electron chi connectivity index (χ3n) is 7.90. The van der Waals surface area contributed by atoms with Crippen LogP contribution >= 0.6 is 0 Å². The molecule has 2 aliphatic rings. The average molecular weight is 505 g/mol. The normalized spacial score (nSPS) is 21.5. The zero-order valence-electron chi connectivity index (χ0n) is 22.8. The lowest BCUT2D eigenvalue weighted by Gasteiger charge is -2.29. The van der Waals surface area contributed by atoms with E-state index in [0.29, 0.717) is 0 Å². The number of benzene rings is 1. The monoisotopic (exact) mass is 504 g/mol. The molecule has 1 fully saturated rings. The van der Waals surface area contributed by atoms with E-state index in [-0.39, 0.29) is 18.0 Å². The van der Waals surface area contributed by atoms with Crippen molar-refractivity contribution in [2.24, 2.45) is 5.73 Å². The van der Waals surface area contributed by atoms with Crippen molar-refractivity contribution in [3.63, 3.8) is 0 Å². The highest BCUT2D eigenvalue weighted by Crippen LogP contribution is 2.31. The number of hydrogen-bond donors (Lipinski definition) is 1. The first-order valence-electron chi connectivity index (χ1n) is 13.5. The molecule has 198 valence electrons. The minimum Gasteiger partial charge on any atom is -0.374 e. The van der Waals surface area contributed by atoms with E-state index in [4.69, 9.17) is 15.8 Å². The van der Waals surface area contributed by atoms with Gasteiger partial charge in [-0.05, 0) is 44.7 Å². The molecule has 37 heavy (non-hydrogen) atoms. The number of carbonyl (C=O) groups is 1. The van der Waals surface area contributed by atoms with E-state index >= 15 is 0 Å². The van der Waals surface area contributed by atoms with Crippen molar-refractivity contribution in [2.45, 2.75) is 51.6 Å². The van der Waals surface area contributed by atoms with E-state index in [0.717, 1.165) is 91.7 Å². The molecule has 2 aromatic heterocycles. The lowest BCUT2D eigenvalue weighted by molar-refractivity contribution is 0.0723. The number of nitrogens with zero attached hydrogens (tertiary/aromatic N) is 7. The molecule has 0 saturated carbocycles. The van der Waals surface area contributed by atoms with Crippen molar-refractivity contribution in [1.82, 2.24) is 19.5 Å². The van der Waals surface area contributed by atoms with Crippen LogP contribution in [0.3, 0.4) is 0 Å². The second-order valence-electron chi connectivity index (χ2n) is 10.7. The van der Waals surface area contributed by atoms with Gasteiger partial charge >= 0.3 is 0 Å². The summed E-state index contributed by atoms with van der Waals surface area (Å²) in [7, 11) is 6.10. The number of fused-ring (bicyclic) bond motifs is 2. The van der Waals surface area contributed by atoms with Gasteiger partial charge in [-0.15, -0.1) is 0 Å². The van der Waals surface area contributed by atoms with Crippen LogP contribution in [0.4, 0.5) is 17.3 Å². The van der Waals surface area contributed by atoms with E-state index in [1.807, 2.05) is 35.5 Å². The summed E-state index contributed by atoms with van der Waals surface area (Å²) < 4.78 is 1.94. The molecule has 2 atom stereocenters. The van der Waals surface area contributed by atoms with E-state index in [1.54, 1.807) is 0 Å². The predicted octanol–water partition coefficient (Wildman–Crippen LogP) is 3.46. The Kier molecular flexibility index (Phi) is 6.98. The van der Waals surface area contributed by atoms with Crippen LogP contribution in [-0.2, 0) is 0 Å². The van der Waals surface area contributed by atoms with E-state index in [9.17, 15) is 4.79 Å². The molecule has 1 amide bonds. The van der Waals surface area contributed by atoms with Crippen molar-refractivity contribution >= 4 is 28.9 Å². The minimum absolute atomic E-state index is 0.0152. The molecule has 9 heteroatoms. The van der Waals surface area contributed by atoms with Gasteiger partial charge < -0.3 is 25.3 Å². The maximum Gasteiger partial charge on any atom is 0.256 e. The summed E-state index contributed by atoms with van der Waals surface area (Å²) in [5.74, 6) is 1.97. The van der Waals surface area contributed by atoms with Gasteiger partial charge in [0.15, 0.2) is 5.65 Å². The lowest BCUT2D eigenvalue weighted by atomic mass is 10.0. The number of rotatable bonds is 2. The van der Waals surface area contributed by atoms with Crippen LogP contribution in [0.2, 0.25) is 0 Å². The molecule has 3 aromatic rings. The molecule has 1 aromatic carbocycles. The zero-order chi connectivity index (χ0) is 26.3. The van der Waals surface area contributed by atoms with Crippen molar-refractivity contribution in [1.29, 1.82) is 0 Å². The van der Waals surface area contributed by atoms with Crippen LogP contribution in [0.1, 0.15) is 60.3 Å². The highest BCUT2D eigenvalue weighted by molar-refractivity contribution is 6.00. The predicted molar refractivity (Wildman–Crippen MR) is 150 cm³/mol. The Labute approximate surface area is 219 Å². The fourth-order valence-electron chi connectivity index (χ4n) is 5.66. The molecule has 0 unspecified atom stereocenters. The smallest absolute Gasteiger partial charge is 0.256 e. The maximum absolute atomic E-state index is 13.9. The Bertz CT molecular complexity index is 1290. The summed E-state index contributed by atoms with van der Waals surface area (Å²) in [6.45, 7) is 7.65. The molecular weight excluding hydrogens is 464 g/mol. The van der Waals surface area contributed by atoms with E-state index in [2.05, 4.69) is 53.9 Å². The zero-order valence-corrected chi connectivity index (χ0v) is 22.8. The summed E-state index contributed by atoms with van der Waals surface area (Å²) in [6, 6.07) is 10.4. The number of carbonyl (C=O) groups excluding carboxylic acids is 1. The first-order valence-corrected chi connectivity index (χ1v) is 13.5. The lowest BCUT2D eigenvalue weighted by Crippen LogP contribution is -2.33. The first kappa shape index (κ1) is 25.3. The molecule has 0 aliphatic carbocycles. The highest BCUT2D eigenvalue weighted by atomic mass is 16.2. The van der Waals surface area contributed by atoms with Crippen molar-refractivity contribution in [3.8, 4) is 0 Å². The highest BCUT2D eigenvalue weighted by Gasteiger charge is 2.28. The number of hydrogen-bond acceptors (Lipinski definition) is 7. The van der Waals surface area contributed by atoms with Crippen LogP contribution < -0.4 is 20.4 Å². The number of nitrogens with two attached hydrogens (primary N) is 1. The Balaban J connectivity index is 1.62. The van der Waals surface area contributed by atoms with Gasteiger partial charge in [0, 0.05) is 71.2 Å². The Morgan fingerprint density at radius 1 is 1.03 bits per heavy atom. The molecule has 5 rings (SSSR count). The third-order valence-corrected chi connectivity index (χ3v) is 7.90. The van der Waals surface area contributed by atoms with Gasteiger partial charge in [0.25, 0.3) is 5.91 Å². The molecule has 0 spiro atoms. The van der Waals surface area contributed by atoms with Gasteiger partial charge in [0.2, 0.25) is 0 Å².